The molecule has 6 rings (SSSR count). The molecular weight excluding hydrogens is 563 g/mol. The van der Waals surface area contributed by atoms with Gasteiger partial charge in [0, 0.05) is 36.5 Å². The third kappa shape index (κ3) is 5.53. The summed E-state index contributed by atoms with van der Waals surface area (Å²) in [5.74, 6) is -0.308. The number of anilines is 2. The van der Waals surface area contributed by atoms with Crippen LogP contribution in [0.4, 0.5) is 20.7 Å². The van der Waals surface area contributed by atoms with Gasteiger partial charge in [0.15, 0.2) is 0 Å². The number of imidazole rings is 1. The summed E-state index contributed by atoms with van der Waals surface area (Å²) in [6.07, 6.45) is 4.42. The van der Waals surface area contributed by atoms with Gasteiger partial charge in [-0.3, -0.25) is 9.20 Å². The van der Waals surface area contributed by atoms with Gasteiger partial charge in [-0.25, -0.2) is 24.1 Å². The standard InChI is InChI=1S/C33H37FN6O4/c1-32(2,3)44-31(42)40-18-22-21(26-17-35-28-16-20(34)12-14-39(26)28)8-10-24(29(22)30(40)41)36-27-11-9-23(25(37-27)19-38(5)6)33(4)13-7-15-43-33/h8-12,14,16-17H,7,13,15,18-19H2,1-6H3,(H,36,37). The van der Waals surface area contributed by atoms with Crippen LogP contribution in [0.25, 0.3) is 16.9 Å². The molecular formula is C33H37FN6O4. The fourth-order valence-corrected chi connectivity index (χ4v) is 5.99. The zero-order chi connectivity index (χ0) is 31.4. The second kappa shape index (κ2) is 11.0. The second-order valence-corrected chi connectivity index (χ2v) is 12.8. The lowest BCUT2D eigenvalue weighted by molar-refractivity contribution is 0.0153. The lowest BCUT2D eigenvalue weighted by Crippen LogP contribution is -2.37. The second-order valence-electron chi connectivity index (χ2n) is 12.8. The summed E-state index contributed by atoms with van der Waals surface area (Å²) in [6.45, 7) is 8.71. The molecule has 1 unspecified atom stereocenters. The lowest BCUT2D eigenvalue weighted by Gasteiger charge is -2.27. The highest BCUT2D eigenvalue weighted by Crippen LogP contribution is 2.40. The Kier molecular flexibility index (Phi) is 7.41. The van der Waals surface area contributed by atoms with Crippen molar-refractivity contribution in [2.24, 2.45) is 0 Å². The molecule has 5 heterocycles. The van der Waals surface area contributed by atoms with Crippen LogP contribution in [-0.4, -0.2) is 62.5 Å². The molecule has 0 saturated carbocycles. The molecule has 11 heteroatoms. The van der Waals surface area contributed by atoms with Crippen molar-refractivity contribution in [2.45, 2.75) is 64.8 Å². The van der Waals surface area contributed by atoms with Gasteiger partial charge in [0.1, 0.15) is 22.9 Å². The molecule has 1 aromatic carbocycles. The molecule has 0 bridgehead atoms. The van der Waals surface area contributed by atoms with Gasteiger partial charge in [-0.2, -0.15) is 0 Å². The van der Waals surface area contributed by atoms with Gasteiger partial charge >= 0.3 is 6.09 Å². The molecule has 4 aromatic rings. The van der Waals surface area contributed by atoms with Crippen LogP contribution >= 0.6 is 0 Å². The number of rotatable bonds is 6. The minimum Gasteiger partial charge on any atom is -0.443 e. The summed E-state index contributed by atoms with van der Waals surface area (Å²) < 4.78 is 27.4. The topological polar surface area (TPSA) is 101 Å². The van der Waals surface area contributed by atoms with E-state index in [1.165, 1.54) is 12.1 Å². The number of ether oxygens (including phenoxy) is 2. The Morgan fingerprint density at radius 1 is 1.20 bits per heavy atom. The van der Waals surface area contributed by atoms with E-state index in [9.17, 15) is 14.0 Å². The molecule has 0 radical (unpaired) electrons. The van der Waals surface area contributed by atoms with Crippen molar-refractivity contribution in [3.63, 3.8) is 0 Å². The first kappa shape index (κ1) is 29.7. The number of amides is 2. The first-order valence-corrected chi connectivity index (χ1v) is 14.7. The Bertz CT molecular complexity index is 1770. The maximum absolute atomic E-state index is 13.9. The number of carbonyl (C=O) groups excluding carboxylic acids is 2. The first-order chi connectivity index (χ1) is 20.8. The van der Waals surface area contributed by atoms with E-state index >= 15 is 0 Å². The zero-order valence-electron chi connectivity index (χ0n) is 25.9. The minimum absolute atomic E-state index is 0.0102. The van der Waals surface area contributed by atoms with Crippen LogP contribution in [0.1, 0.15) is 67.7 Å². The van der Waals surface area contributed by atoms with Crippen LogP contribution in [0, 0.1) is 5.82 Å². The van der Waals surface area contributed by atoms with Gasteiger partial charge in [-0.05, 0) is 78.4 Å². The maximum atomic E-state index is 13.9. The number of nitrogens with one attached hydrogen (secondary N) is 1. The molecule has 2 amide bonds. The molecule has 230 valence electrons. The van der Waals surface area contributed by atoms with Gasteiger partial charge in [-0.15, -0.1) is 0 Å². The highest BCUT2D eigenvalue weighted by atomic mass is 19.1. The SMILES string of the molecule is CN(C)Cc1nc(Nc2ccc(-c3cnc4cc(F)ccn34)c3c2C(=O)N(C(=O)OC(C)(C)C)C3)ccc1C1(C)CCCO1. The number of pyridine rings is 2. The first-order valence-electron chi connectivity index (χ1n) is 14.7. The van der Waals surface area contributed by atoms with Gasteiger partial charge < -0.3 is 19.7 Å². The molecule has 0 spiro atoms. The Balaban J connectivity index is 1.43. The van der Waals surface area contributed by atoms with Crippen LogP contribution in [0.15, 0.2) is 48.8 Å². The maximum Gasteiger partial charge on any atom is 0.417 e. The summed E-state index contributed by atoms with van der Waals surface area (Å²) in [5.41, 5.74) is 4.04. The minimum atomic E-state index is -0.782. The van der Waals surface area contributed by atoms with E-state index in [1.807, 2.05) is 32.3 Å². The van der Waals surface area contributed by atoms with E-state index in [2.05, 4.69) is 22.1 Å². The Morgan fingerprint density at radius 3 is 2.70 bits per heavy atom. The largest absolute Gasteiger partial charge is 0.443 e. The fourth-order valence-electron chi connectivity index (χ4n) is 5.99. The third-order valence-corrected chi connectivity index (χ3v) is 7.94. The molecule has 0 aliphatic carbocycles. The highest BCUT2D eigenvalue weighted by molar-refractivity contribution is 6.11. The monoisotopic (exact) mass is 600 g/mol. The van der Waals surface area contributed by atoms with Crippen molar-refractivity contribution in [1.29, 1.82) is 0 Å². The van der Waals surface area contributed by atoms with Crippen LogP contribution in [0.3, 0.4) is 0 Å². The summed E-state index contributed by atoms with van der Waals surface area (Å²) >= 11 is 0. The zero-order valence-corrected chi connectivity index (χ0v) is 25.9. The molecule has 2 aliphatic rings. The molecule has 10 nitrogen and oxygen atoms in total. The number of imide groups is 1. The van der Waals surface area contributed by atoms with Crippen molar-refractivity contribution in [3.05, 3.63) is 77.0 Å². The van der Waals surface area contributed by atoms with Crippen molar-refractivity contribution in [2.75, 3.05) is 26.0 Å². The Labute approximate surface area is 255 Å². The molecule has 1 fully saturated rings. The smallest absolute Gasteiger partial charge is 0.417 e. The van der Waals surface area contributed by atoms with E-state index in [1.54, 1.807) is 43.6 Å². The number of fused-ring (bicyclic) bond motifs is 2. The predicted molar refractivity (Wildman–Crippen MR) is 164 cm³/mol. The fraction of sp³-hybridized carbons (Fsp3) is 0.394. The molecule has 44 heavy (non-hydrogen) atoms. The summed E-state index contributed by atoms with van der Waals surface area (Å²) in [5, 5.41) is 3.36. The van der Waals surface area contributed by atoms with Gasteiger partial charge in [0.25, 0.3) is 5.91 Å². The molecule has 3 aromatic heterocycles. The third-order valence-electron chi connectivity index (χ3n) is 7.94. The highest BCUT2D eigenvalue weighted by Gasteiger charge is 2.39. The summed E-state index contributed by atoms with van der Waals surface area (Å²) in [7, 11) is 3.99. The van der Waals surface area contributed by atoms with E-state index in [4.69, 9.17) is 14.5 Å². The average molecular weight is 601 g/mol. The lowest BCUT2D eigenvalue weighted by atomic mass is 9.91. The normalized spacial score (nSPS) is 18.4. The van der Waals surface area contributed by atoms with Crippen molar-refractivity contribution in [3.8, 4) is 11.3 Å². The quantitative estimate of drug-likeness (QED) is 0.277. The summed E-state index contributed by atoms with van der Waals surface area (Å²) in [6, 6.07) is 10.3. The summed E-state index contributed by atoms with van der Waals surface area (Å²) in [4.78, 5) is 39.6. The van der Waals surface area contributed by atoms with Crippen LogP contribution in [0.5, 0.6) is 0 Å². The number of halogens is 1. The Hall–Kier alpha value is -4.35. The molecule has 1 saturated heterocycles. The van der Waals surface area contributed by atoms with Gasteiger partial charge in [0.2, 0.25) is 0 Å². The van der Waals surface area contributed by atoms with Crippen molar-refractivity contribution in [1.82, 2.24) is 24.2 Å². The van der Waals surface area contributed by atoms with Gasteiger partial charge in [0.05, 0.1) is 41.0 Å². The van der Waals surface area contributed by atoms with Crippen molar-refractivity contribution >= 4 is 29.2 Å². The number of nitrogens with zero attached hydrogens (tertiary/aromatic N) is 5. The van der Waals surface area contributed by atoms with E-state index < -0.39 is 29.0 Å². The number of benzene rings is 1. The molecule has 2 aliphatic heterocycles. The van der Waals surface area contributed by atoms with Crippen LogP contribution in [-0.2, 0) is 28.2 Å². The van der Waals surface area contributed by atoms with E-state index in [-0.39, 0.29) is 6.54 Å². The van der Waals surface area contributed by atoms with Crippen LogP contribution in [0.2, 0.25) is 0 Å². The molecule has 1 N–H and O–H groups in total. The van der Waals surface area contributed by atoms with E-state index in [0.29, 0.717) is 52.7 Å². The van der Waals surface area contributed by atoms with Crippen LogP contribution < -0.4 is 5.32 Å². The van der Waals surface area contributed by atoms with Gasteiger partial charge in [-0.1, -0.05) is 12.1 Å². The molecule has 1 atom stereocenters. The van der Waals surface area contributed by atoms with E-state index in [0.717, 1.165) is 29.0 Å². The number of aromatic nitrogens is 3. The Morgan fingerprint density at radius 2 is 2.00 bits per heavy atom. The number of carbonyl (C=O) groups is 2. The predicted octanol–water partition coefficient (Wildman–Crippen LogP) is 6.26. The average Bonchev–Trinajstić information content (AvgIpc) is 3.65. The van der Waals surface area contributed by atoms with Crippen molar-refractivity contribution < 1.29 is 23.5 Å². The number of hydrogen-bond donors (Lipinski definition) is 1. The number of hydrogen-bond acceptors (Lipinski definition) is 8.